The molecule has 1 spiro atoms. The molecular formula is C16H24N2O2S. The molecule has 5 heteroatoms. The number of ether oxygens (including phenoxy) is 1. The van der Waals surface area contributed by atoms with Crippen molar-refractivity contribution in [3.8, 4) is 0 Å². The fourth-order valence-electron chi connectivity index (χ4n) is 3.82. The first-order valence-corrected chi connectivity index (χ1v) is 8.58. The van der Waals surface area contributed by atoms with Gasteiger partial charge in [-0.05, 0) is 49.8 Å². The largest absolute Gasteiger partial charge is 0.384 e. The molecule has 2 fully saturated rings. The second-order valence-corrected chi connectivity index (χ2v) is 7.30. The Morgan fingerprint density at radius 1 is 1.48 bits per heavy atom. The Labute approximate surface area is 130 Å². The number of rotatable bonds is 3. The lowest BCUT2D eigenvalue weighted by atomic mass is 9.71. The minimum atomic E-state index is 0.188. The van der Waals surface area contributed by atoms with Crippen molar-refractivity contribution < 1.29 is 9.53 Å². The summed E-state index contributed by atoms with van der Waals surface area (Å²) < 4.78 is 5.45. The fraction of sp³-hybridized carbons (Fsp3) is 0.688. The minimum Gasteiger partial charge on any atom is -0.384 e. The number of carbonyl (C=O) groups is 1. The summed E-state index contributed by atoms with van der Waals surface area (Å²) in [5.41, 5.74) is 1.09. The zero-order chi connectivity index (χ0) is 14.9. The molecule has 1 amide bonds. The molecule has 3 heterocycles. The number of carbonyl (C=O) groups excluding carboxylic acids is 1. The predicted molar refractivity (Wildman–Crippen MR) is 84.8 cm³/mol. The van der Waals surface area contributed by atoms with Crippen LogP contribution in [0.15, 0.2) is 16.8 Å². The van der Waals surface area contributed by atoms with Gasteiger partial charge < -0.3 is 14.5 Å². The van der Waals surface area contributed by atoms with Gasteiger partial charge in [-0.2, -0.15) is 11.3 Å². The predicted octanol–water partition coefficient (Wildman–Crippen LogP) is 2.18. The third-order valence-electron chi connectivity index (χ3n) is 5.22. The molecule has 4 nitrogen and oxygen atoms in total. The average molecular weight is 308 g/mol. The summed E-state index contributed by atoms with van der Waals surface area (Å²) in [6, 6.07) is 1.93. The molecule has 0 bridgehead atoms. The van der Waals surface area contributed by atoms with E-state index < -0.39 is 0 Å². The second-order valence-electron chi connectivity index (χ2n) is 6.52. The first-order chi connectivity index (χ1) is 10.1. The van der Waals surface area contributed by atoms with Crippen LogP contribution in [-0.4, -0.2) is 62.7 Å². The Balaban J connectivity index is 1.76. The zero-order valence-electron chi connectivity index (χ0n) is 12.9. The summed E-state index contributed by atoms with van der Waals surface area (Å²) >= 11 is 1.59. The van der Waals surface area contributed by atoms with Crippen molar-refractivity contribution in [3.05, 3.63) is 22.4 Å². The van der Waals surface area contributed by atoms with Crippen LogP contribution in [0.4, 0.5) is 0 Å². The van der Waals surface area contributed by atoms with Crippen LogP contribution >= 0.6 is 11.3 Å². The van der Waals surface area contributed by atoms with Crippen LogP contribution in [-0.2, 0) is 4.74 Å². The SMILES string of the molecule is COC[C@H]1CN(C(=O)c2ccsc2)CC12CCN(C)CC2. The molecule has 2 aliphatic heterocycles. The minimum absolute atomic E-state index is 0.188. The van der Waals surface area contributed by atoms with E-state index in [4.69, 9.17) is 4.74 Å². The van der Waals surface area contributed by atoms with E-state index in [0.717, 1.165) is 38.3 Å². The van der Waals surface area contributed by atoms with Crippen LogP contribution in [0.3, 0.4) is 0 Å². The van der Waals surface area contributed by atoms with Crippen LogP contribution in [0, 0.1) is 11.3 Å². The Hall–Kier alpha value is -0.910. The number of hydrogen-bond acceptors (Lipinski definition) is 4. The lowest BCUT2D eigenvalue weighted by Gasteiger charge is -2.41. The molecule has 1 aromatic heterocycles. The van der Waals surface area contributed by atoms with E-state index in [1.807, 2.05) is 16.8 Å². The standard InChI is InChI=1S/C16H24N2O2S/c1-17-6-4-16(5-7-17)12-18(9-14(16)10-20-2)15(19)13-3-8-21-11-13/h3,8,11,14H,4-7,9-10,12H2,1-2H3/t14-/m1/s1. The highest BCUT2D eigenvalue weighted by atomic mass is 32.1. The number of nitrogens with zero attached hydrogens (tertiary/aromatic N) is 2. The average Bonchev–Trinajstić information content (AvgIpc) is 3.12. The quantitative estimate of drug-likeness (QED) is 0.858. The third-order valence-corrected chi connectivity index (χ3v) is 5.90. The van der Waals surface area contributed by atoms with Gasteiger partial charge in [0.05, 0.1) is 12.2 Å². The van der Waals surface area contributed by atoms with E-state index in [1.54, 1.807) is 18.4 Å². The van der Waals surface area contributed by atoms with Crippen LogP contribution in [0.2, 0.25) is 0 Å². The molecule has 3 rings (SSSR count). The zero-order valence-corrected chi connectivity index (χ0v) is 13.7. The molecular weight excluding hydrogens is 284 g/mol. The lowest BCUT2D eigenvalue weighted by Crippen LogP contribution is -2.44. The summed E-state index contributed by atoms with van der Waals surface area (Å²) in [5.74, 6) is 0.659. The van der Waals surface area contributed by atoms with Gasteiger partial charge in [-0.15, -0.1) is 0 Å². The van der Waals surface area contributed by atoms with E-state index in [9.17, 15) is 4.79 Å². The van der Waals surface area contributed by atoms with E-state index >= 15 is 0 Å². The van der Waals surface area contributed by atoms with Crippen LogP contribution in [0.25, 0.3) is 0 Å². The molecule has 0 aromatic carbocycles. The van der Waals surface area contributed by atoms with Gasteiger partial charge in [-0.3, -0.25) is 4.79 Å². The summed E-state index contributed by atoms with van der Waals surface area (Å²) in [6.45, 7) is 4.74. The highest BCUT2D eigenvalue weighted by molar-refractivity contribution is 7.08. The Morgan fingerprint density at radius 3 is 2.86 bits per heavy atom. The van der Waals surface area contributed by atoms with Gasteiger partial charge in [-0.1, -0.05) is 0 Å². The molecule has 21 heavy (non-hydrogen) atoms. The molecule has 0 unspecified atom stereocenters. The molecule has 1 aromatic rings. The number of hydrogen-bond donors (Lipinski definition) is 0. The molecule has 2 saturated heterocycles. The number of methoxy groups -OCH3 is 1. The van der Waals surface area contributed by atoms with Gasteiger partial charge >= 0.3 is 0 Å². The maximum absolute atomic E-state index is 12.6. The van der Waals surface area contributed by atoms with Gasteiger partial charge in [0, 0.05) is 31.5 Å². The van der Waals surface area contributed by atoms with Gasteiger partial charge in [0.25, 0.3) is 5.91 Å². The molecule has 116 valence electrons. The summed E-state index contributed by atoms with van der Waals surface area (Å²) in [4.78, 5) is 17.1. The van der Waals surface area contributed by atoms with Crippen molar-refractivity contribution in [2.24, 2.45) is 11.3 Å². The van der Waals surface area contributed by atoms with E-state index in [2.05, 4.69) is 16.8 Å². The number of piperidine rings is 1. The van der Waals surface area contributed by atoms with Crippen LogP contribution in [0.1, 0.15) is 23.2 Å². The van der Waals surface area contributed by atoms with Crippen molar-refractivity contribution >= 4 is 17.2 Å². The van der Waals surface area contributed by atoms with Crippen molar-refractivity contribution in [2.75, 3.05) is 46.9 Å². The second kappa shape index (κ2) is 6.07. The number of amides is 1. The molecule has 0 saturated carbocycles. The summed E-state index contributed by atoms with van der Waals surface area (Å²) in [6.07, 6.45) is 2.34. The first kappa shape index (κ1) is 15.0. The first-order valence-electron chi connectivity index (χ1n) is 7.63. The molecule has 1 atom stereocenters. The summed E-state index contributed by atoms with van der Waals surface area (Å²) in [7, 11) is 3.95. The van der Waals surface area contributed by atoms with Crippen LogP contribution < -0.4 is 0 Å². The van der Waals surface area contributed by atoms with Gasteiger partial charge in [0.15, 0.2) is 0 Å². The summed E-state index contributed by atoms with van der Waals surface area (Å²) in [5, 5.41) is 3.93. The normalized spacial score (nSPS) is 25.6. The molecule has 0 N–H and O–H groups in total. The fourth-order valence-corrected chi connectivity index (χ4v) is 4.45. The van der Waals surface area contributed by atoms with Crippen molar-refractivity contribution in [1.82, 2.24) is 9.80 Å². The van der Waals surface area contributed by atoms with Crippen molar-refractivity contribution in [3.63, 3.8) is 0 Å². The maximum Gasteiger partial charge on any atom is 0.254 e. The van der Waals surface area contributed by atoms with Crippen molar-refractivity contribution in [2.45, 2.75) is 12.8 Å². The molecule has 0 aliphatic carbocycles. The van der Waals surface area contributed by atoms with Gasteiger partial charge in [0.2, 0.25) is 0 Å². The highest BCUT2D eigenvalue weighted by Gasteiger charge is 2.48. The van der Waals surface area contributed by atoms with E-state index in [0.29, 0.717) is 5.92 Å². The van der Waals surface area contributed by atoms with Gasteiger partial charge in [0.1, 0.15) is 0 Å². The highest BCUT2D eigenvalue weighted by Crippen LogP contribution is 2.45. The Morgan fingerprint density at radius 2 is 2.24 bits per heavy atom. The lowest BCUT2D eigenvalue weighted by molar-refractivity contribution is 0.0444. The molecule has 2 aliphatic rings. The Bertz CT molecular complexity index is 480. The van der Waals surface area contributed by atoms with E-state index in [-0.39, 0.29) is 11.3 Å². The number of thiophene rings is 1. The monoisotopic (exact) mass is 308 g/mol. The molecule has 0 radical (unpaired) electrons. The number of likely N-dealkylation sites (tertiary alicyclic amines) is 2. The smallest absolute Gasteiger partial charge is 0.254 e. The van der Waals surface area contributed by atoms with Crippen LogP contribution in [0.5, 0.6) is 0 Å². The van der Waals surface area contributed by atoms with Gasteiger partial charge in [-0.25, -0.2) is 0 Å². The Kier molecular flexibility index (Phi) is 4.33. The van der Waals surface area contributed by atoms with Crippen molar-refractivity contribution in [1.29, 1.82) is 0 Å². The maximum atomic E-state index is 12.6. The third kappa shape index (κ3) is 2.87. The topological polar surface area (TPSA) is 32.8 Å². The van der Waals surface area contributed by atoms with E-state index in [1.165, 1.54) is 12.8 Å².